The summed E-state index contributed by atoms with van der Waals surface area (Å²) in [7, 11) is -3.56. The van der Waals surface area contributed by atoms with Gasteiger partial charge in [-0.05, 0) is 31.9 Å². The van der Waals surface area contributed by atoms with Gasteiger partial charge in [-0.15, -0.1) is 11.8 Å². The zero-order valence-electron chi connectivity index (χ0n) is 10.4. The van der Waals surface area contributed by atoms with Crippen LogP contribution in [-0.4, -0.2) is 30.8 Å². The highest BCUT2D eigenvalue weighted by molar-refractivity contribution is 8.01. The van der Waals surface area contributed by atoms with Crippen LogP contribution >= 0.6 is 11.8 Å². The number of sulfonamides is 1. The monoisotopic (exact) mass is 301 g/mol. The quantitative estimate of drug-likeness (QED) is 0.781. The van der Waals surface area contributed by atoms with Gasteiger partial charge in [0.2, 0.25) is 10.0 Å². The number of benzene rings is 1. The second-order valence-corrected chi connectivity index (χ2v) is 7.51. The second kappa shape index (κ2) is 5.52. The summed E-state index contributed by atoms with van der Waals surface area (Å²) in [5.41, 5.74) is 0. The molecule has 2 rings (SSSR count). The third-order valence-corrected chi connectivity index (χ3v) is 5.56. The van der Waals surface area contributed by atoms with Gasteiger partial charge < -0.3 is 5.11 Å². The number of hydrogen-bond donors (Lipinski definition) is 2. The molecule has 0 heterocycles. The van der Waals surface area contributed by atoms with Crippen LogP contribution in [0.15, 0.2) is 34.1 Å². The Kier molecular flexibility index (Phi) is 4.17. The largest absolute Gasteiger partial charge is 0.480 e. The van der Waals surface area contributed by atoms with Gasteiger partial charge in [-0.3, -0.25) is 4.79 Å². The summed E-state index contributed by atoms with van der Waals surface area (Å²) in [6.07, 6.45) is 1.72. The number of carboxylic acid groups (broad SMARTS) is 1. The van der Waals surface area contributed by atoms with Gasteiger partial charge in [-0.25, -0.2) is 13.1 Å². The SMILES string of the molecule is CC(Sc1ccccc1S(=O)(=O)NC1CC1)C(=O)O. The molecule has 0 spiro atoms. The predicted molar refractivity (Wildman–Crippen MR) is 72.7 cm³/mol. The lowest BCUT2D eigenvalue weighted by Gasteiger charge is -2.12. The fourth-order valence-corrected chi connectivity index (χ4v) is 4.18. The topological polar surface area (TPSA) is 83.5 Å². The molecule has 0 saturated heterocycles. The number of aliphatic carboxylic acids is 1. The van der Waals surface area contributed by atoms with Crippen molar-refractivity contribution in [1.29, 1.82) is 0 Å². The minimum Gasteiger partial charge on any atom is -0.480 e. The van der Waals surface area contributed by atoms with Gasteiger partial charge in [0.1, 0.15) is 5.25 Å². The normalized spacial score (nSPS) is 17.1. The Morgan fingerprint density at radius 2 is 2.05 bits per heavy atom. The molecule has 0 aliphatic heterocycles. The van der Waals surface area contributed by atoms with Gasteiger partial charge in [0, 0.05) is 10.9 Å². The first-order valence-corrected chi connectivity index (χ1v) is 8.27. The third kappa shape index (κ3) is 3.71. The number of carboxylic acids is 1. The molecule has 1 fully saturated rings. The van der Waals surface area contributed by atoms with Gasteiger partial charge in [-0.1, -0.05) is 12.1 Å². The van der Waals surface area contributed by atoms with E-state index in [2.05, 4.69) is 4.72 Å². The van der Waals surface area contributed by atoms with Crippen LogP contribution in [-0.2, 0) is 14.8 Å². The Bertz CT molecular complexity index is 581. The van der Waals surface area contributed by atoms with Gasteiger partial charge >= 0.3 is 5.97 Å². The van der Waals surface area contributed by atoms with Crippen LogP contribution in [0.1, 0.15) is 19.8 Å². The lowest BCUT2D eigenvalue weighted by Crippen LogP contribution is -2.26. The number of carbonyl (C=O) groups is 1. The maximum absolute atomic E-state index is 12.2. The van der Waals surface area contributed by atoms with E-state index in [4.69, 9.17) is 5.11 Å². The van der Waals surface area contributed by atoms with E-state index in [1.165, 1.54) is 13.0 Å². The lowest BCUT2D eigenvalue weighted by atomic mass is 10.4. The maximum atomic E-state index is 12.2. The first kappa shape index (κ1) is 14.4. The van der Waals surface area contributed by atoms with Crippen molar-refractivity contribution in [2.45, 2.75) is 40.8 Å². The van der Waals surface area contributed by atoms with Crippen molar-refractivity contribution in [2.75, 3.05) is 0 Å². The van der Waals surface area contributed by atoms with E-state index in [1.807, 2.05) is 0 Å². The summed E-state index contributed by atoms with van der Waals surface area (Å²) >= 11 is 1.03. The zero-order valence-corrected chi connectivity index (χ0v) is 12.0. The molecule has 1 atom stereocenters. The first-order valence-electron chi connectivity index (χ1n) is 5.91. The summed E-state index contributed by atoms with van der Waals surface area (Å²) in [5.74, 6) is -0.965. The fraction of sp³-hybridized carbons (Fsp3) is 0.417. The van der Waals surface area contributed by atoms with Gasteiger partial charge in [-0.2, -0.15) is 0 Å². The molecule has 19 heavy (non-hydrogen) atoms. The van der Waals surface area contributed by atoms with Crippen LogP contribution in [0.25, 0.3) is 0 Å². The summed E-state index contributed by atoms with van der Waals surface area (Å²) < 4.78 is 27.0. The minimum atomic E-state index is -3.56. The molecule has 1 aliphatic carbocycles. The molecule has 0 radical (unpaired) electrons. The van der Waals surface area contributed by atoms with Gasteiger partial charge in [0.05, 0.1) is 4.90 Å². The van der Waals surface area contributed by atoms with Crippen molar-refractivity contribution in [3.8, 4) is 0 Å². The first-order chi connectivity index (χ1) is 8.90. The molecule has 5 nitrogen and oxygen atoms in total. The number of rotatable bonds is 6. The Morgan fingerprint density at radius 3 is 2.63 bits per heavy atom. The molecule has 0 bridgehead atoms. The van der Waals surface area contributed by atoms with Crippen molar-refractivity contribution >= 4 is 27.8 Å². The van der Waals surface area contributed by atoms with Crippen LogP contribution in [0.2, 0.25) is 0 Å². The molecule has 7 heteroatoms. The Morgan fingerprint density at radius 1 is 1.42 bits per heavy atom. The highest BCUT2D eigenvalue weighted by atomic mass is 32.2. The van der Waals surface area contributed by atoms with Crippen molar-refractivity contribution in [1.82, 2.24) is 4.72 Å². The summed E-state index contributed by atoms with van der Waals surface area (Å²) in [6.45, 7) is 1.53. The molecule has 1 aliphatic rings. The van der Waals surface area contributed by atoms with Crippen molar-refractivity contribution in [3.05, 3.63) is 24.3 Å². The van der Waals surface area contributed by atoms with Crippen LogP contribution in [0.3, 0.4) is 0 Å². The smallest absolute Gasteiger partial charge is 0.316 e. The molecule has 1 unspecified atom stereocenters. The van der Waals surface area contributed by atoms with Crippen molar-refractivity contribution in [2.24, 2.45) is 0 Å². The summed E-state index contributed by atoms with van der Waals surface area (Å²) in [5, 5.41) is 8.21. The molecular formula is C12H15NO4S2. The van der Waals surface area contributed by atoms with Crippen molar-refractivity contribution < 1.29 is 18.3 Å². The Labute approximate surface area is 116 Å². The van der Waals surface area contributed by atoms with Crippen LogP contribution in [0.5, 0.6) is 0 Å². The standard InChI is InChI=1S/C12H15NO4S2/c1-8(12(14)15)18-10-4-2-3-5-11(10)19(16,17)13-9-6-7-9/h2-5,8-9,13H,6-7H2,1H3,(H,14,15). The van der Waals surface area contributed by atoms with E-state index in [9.17, 15) is 13.2 Å². The molecule has 2 N–H and O–H groups in total. The van der Waals surface area contributed by atoms with E-state index in [0.717, 1.165) is 24.6 Å². The van der Waals surface area contributed by atoms with E-state index >= 15 is 0 Å². The highest BCUT2D eigenvalue weighted by Crippen LogP contribution is 2.31. The maximum Gasteiger partial charge on any atom is 0.316 e. The molecule has 104 valence electrons. The Hall–Kier alpha value is -1.05. The van der Waals surface area contributed by atoms with Crippen LogP contribution < -0.4 is 4.72 Å². The van der Waals surface area contributed by atoms with Crippen molar-refractivity contribution in [3.63, 3.8) is 0 Å². The summed E-state index contributed by atoms with van der Waals surface area (Å²) in [4.78, 5) is 11.5. The molecule has 0 amide bonds. The molecule has 1 aromatic rings. The van der Waals surface area contributed by atoms with E-state index in [-0.39, 0.29) is 10.9 Å². The Balaban J connectivity index is 2.27. The number of hydrogen-bond acceptors (Lipinski definition) is 4. The predicted octanol–water partition coefficient (Wildman–Crippen LogP) is 1.69. The van der Waals surface area contributed by atoms with Gasteiger partial charge in [0.25, 0.3) is 0 Å². The van der Waals surface area contributed by atoms with E-state index in [0.29, 0.717) is 4.90 Å². The summed E-state index contributed by atoms with van der Waals surface area (Å²) in [6, 6.07) is 6.50. The number of nitrogens with one attached hydrogen (secondary N) is 1. The van der Waals surface area contributed by atoms with Gasteiger partial charge in [0.15, 0.2) is 0 Å². The lowest BCUT2D eigenvalue weighted by molar-refractivity contribution is -0.136. The van der Waals surface area contributed by atoms with Crippen LogP contribution in [0, 0.1) is 0 Å². The average molecular weight is 301 g/mol. The molecular weight excluding hydrogens is 286 g/mol. The zero-order chi connectivity index (χ0) is 14.0. The molecule has 0 aromatic heterocycles. The second-order valence-electron chi connectivity index (χ2n) is 4.44. The minimum absolute atomic E-state index is 0.0277. The number of thioether (sulfide) groups is 1. The highest BCUT2D eigenvalue weighted by Gasteiger charge is 2.29. The van der Waals surface area contributed by atoms with E-state index < -0.39 is 21.2 Å². The average Bonchev–Trinajstić information content (AvgIpc) is 3.12. The van der Waals surface area contributed by atoms with E-state index in [1.54, 1.807) is 18.2 Å². The fourth-order valence-electron chi connectivity index (χ4n) is 1.49. The third-order valence-electron chi connectivity index (χ3n) is 2.69. The van der Waals surface area contributed by atoms with Crippen LogP contribution in [0.4, 0.5) is 0 Å². The molecule has 1 aromatic carbocycles. The molecule has 1 saturated carbocycles.